The van der Waals surface area contributed by atoms with Crippen LogP contribution in [0.5, 0.6) is 0 Å². The predicted molar refractivity (Wildman–Crippen MR) is 44.1 cm³/mol. The zero-order chi connectivity index (χ0) is 9.14. The van der Waals surface area contributed by atoms with Gasteiger partial charge in [-0.3, -0.25) is 4.79 Å². The fourth-order valence-corrected chi connectivity index (χ4v) is 0.940. The molecule has 0 unspecified atom stereocenters. The first kappa shape index (κ1) is 8.26. The van der Waals surface area contributed by atoms with E-state index in [2.05, 4.69) is 11.5 Å². The van der Waals surface area contributed by atoms with E-state index in [1.807, 2.05) is 24.3 Å². The fourth-order valence-electron chi connectivity index (χ4n) is 0.940. The molecule has 2 rings (SSSR count). The van der Waals surface area contributed by atoms with Crippen molar-refractivity contribution in [1.82, 2.24) is 0 Å². The second kappa shape index (κ2) is 3.04. The molecule has 2 amide bonds. The topological polar surface area (TPSA) is 86.2 Å². The lowest BCUT2D eigenvalue weighted by Gasteiger charge is -1.78. The van der Waals surface area contributed by atoms with E-state index in [1.54, 1.807) is 0 Å². The van der Waals surface area contributed by atoms with Gasteiger partial charge in [-0.05, 0) is 0 Å². The molecule has 2 bridgehead atoms. The highest BCUT2D eigenvalue weighted by Crippen LogP contribution is 2.23. The largest absolute Gasteiger partial charge is 0.352 e. The Bertz CT molecular complexity index is 296. The zero-order valence-electron chi connectivity index (χ0n) is 6.28. The molecule has 0 saturated carbocycles. The first-order valence-corrected chi connectivity index (χ1v) is 3.31. The van der Waals surface area contributed by atoms with Gasteiger partial charge in [-0.25, -0.2) is 4.79 Å². The summed E-state index contributed by atoms with van der Waals surface area (Å²) in [5.74, 6) is 0.185. The van der Waals surface area contributed by atoms with Gasteiger partial charge in [-0.15, -0.1) is 0 Å². The smallest absolute Gasteiger partial charge is 0.309 e. The highest BCUT2D eigenvalue weighted by Gasteiger charge is 2.19. The molecule has 0 radical (unpaired) electrons. The minimum absolute atomic E-state index is 0.185. The minimum atomic E-state index is -0.833. The van der Waals surface area contributed by atoms with Crippen LogP contribution in [-0.2, 0) is 4.79 Å². The number of carbonyl (C=O) groups is 2. The SMILES string of the molecule is NC(N)=O.O=C1C2=CC=C1C=C2. The van der Waals surface area contributed by atoms with Gasteiger partial charge in [0.25, 0.3) is 0 Å². The van der Waals surface area contributed by atoms with Gasteiger partial charge in [0.15, 0.2) is 5.78 Å². The number of carbonyl (C=O) groups excluding carboxylic acids is 2. The van der Waals surface area contributed by atoms with E-state index in [0.29, 0.717) is 0 Å². The van der Waals surface area contributed by atoms with Gasteiger partial charge in [-0.2, -0.15) is 0 Å². The van der Waals surface area contributed by atoms with Crippen LogP contribution in [0.2, 0.25) is 0 Å². The van der Waals surface area contributed by atoms with Crippen LogP contribution in [-0.4, -0.2) is 11.8 Å². The van der Waals surface area contributed by atoms with Crippen molar-refractivity contribution in [2.24, 2.45) is 11.5 Å². The van der Waals surface area contributed by atoms with Gasteiger partial charge in [0.2, 0.25) is 0 Å². The molecule has 12 heavy (non-hydrogen) atoms. The molecular weight excluding hydrogens is 156 g/mol. The van der Waals surface area contributed by atoms with Crippen molar-refractivity contribution >= 4 is 11.8 Å². The second-order valence-corrected chi connectivity index (χ2v) is 2.31. The Morgan fingerprint density at radius 3 is 1.50 bits per heavy atom. The van der Waals surface area contributed by atoms with Crippen LogP contribution < -0.4 is 11.5 Å². The van der Waals surface area contributed by atoms with Crippen molar-refractivity contribution < 1.29 is 9.59 Å². The lowest BCUT2D eigenvalue weighted by molar-refractivity contribution is -0.111. The van der Waals surface area contributed by atoms with E-state index >= 15 is 0 Å². The molecule has 4 N–H and O–H groups in total. The minimum Gasteiger partial charge on any atom is -0.352 e. The normalized spacial score (nSPS) is 16.5. The van der Waals surface area contributed by atoms with Gasteiger partial charge in [0.05, 0.1) is 0 Å². The summed E-state index contributed by atoms with van der Waals surface area (Å²) in [7, 11) is 0. The maximum atomic E-state index is 10.8. The van der Waals surface area contributed by atoms with Crippen LogP contribution in [0, 0.1) is 0 Å². The molecule has 4 nitrogen and oxygen atoms in total. The summed E-state index contributed by atoms with van der Waals surface area (Å²) < 4.78 is 0. The van der Waals surface area contributed by atoms with Crippen molar-refractivity contribution in [2.75, 3.05) is 0 Å². The molecule has 0 atom stereocenters. The summed E-state index contributed by atoms with van der Waals surface area (Å²) in [6.45, 7) is 0. The van der Waals surface area contributed by atoms with E-state index in [0.717, 1.165) is 11.1 Å². The van der Waals surface area contributed by atoms with E-state index < -0.39 is 6.03 Å². The van der Waals surface area contributed by atoms with Crippen molar-refractivity contribution in [2.45, 2.75) is 0 Å². The van der Waals surface area contributed by atoms with E-state index in [-0.39, 0.29) is 5.78 Å². The number of rotatable bonds is 0. The lowest BCUT2D eigenvalue weighted by atomic mass is 10.2. The Kier molecular flexibility index (Phi) is 2.09. The summed E-state index contributed by atoms with van der Waals surface area (Å²) in [6, 6.07) is -0.833. The van der Waals surface area contributed by atoms with Crippen LogP contribution >= 0.6 is 0 Å². The molecule has 0 aromatic heterocycles. The Hall–Kier alpha value is -1.84. The number of ketones is 1. The number of amides is 2. The van der Waals surface area contributed by atoms with Gasteiger partial charge in [0.1, 0.15) is 0 Å². The summed E-state index contributed by atoms with van der Waals surface area (Å²) in [6.07, 6.45) is 7.38. The third-order valence-electron chi connectivity index (χ3n) is 1.41. The first-order valence-electron chi connectivity index (χ1n) is 3.31. The number of allylic oxidation sites excluding steroid dienone is 6. The number of fused-ring (bicyclic) bond motifs is 2. The molecule has 4 heteroatoms. The van der Waals surface area contributed by atoms with Crippen LogP contribution in [0.3, 0.4) is 0 Å². The van der Waals surface area contributed by atoms with E-state index in [4.69, 9.17) is 4.79 Å². The van der Waals surface area contributed by atoms with Gasteiger partial charge in [-0.1, -0.05) is 24.3 Å². The third-order valence-corrected chi connectivity index (χ3v) is 1.41. The van der Waals surface area contributed by atoms with Gasteiger partial charge < -0.3 is 11.5 Å². The molecule has 0 aliphatic heterocycles. The van der Waals surface area contributed by atoms with Crippen molar-refractivity contribution in [3.8, 4) is 0 Å². The summed E-state index contributed by atoms with van der Waals surface area (Å²) in [5.41, 5.74) is 10.2. The van der Waals surface area contributed by atoms with E-state index in [9.17, 15) is 4.79 Å². The molecule has 0 heterocycles. The van der Waals surface area contributed by atoms with E-state index in [1.165, 1.54) is 0 Å². The molecular formula is C8H8N2O2. The third kappa shape index (κ3) is 1.60. The lowest BCUT2D eigenvalue weighted by Crippen LogP contribution is -2.18. The number of hydrogen-bond acceptors (Lipinski definition) is 2. The summed E-state index contributed by atoms with van der Waals surface area (Å²) >= 11 is 0. The summed E-state index contributed by atoms with van der Waals surface area (Å²) in [5, 5.41) is 0. The quantitative estimate of drug-likeness (QED) is 0.528. The Labute approximate surface area is 69.2 Å². The second-order valence-electron chi connectivity index (χ2n) is 2.31. The van der Waals surface area contributed by atoms with Crippen LogP contribution in [0.1, 0.15) is 0 Å². The number of primary amides is 2. The van der Waals surface area contributed by atoms with Crippen LogP contribution in [0.15, 0.2) is 35.5 Å². The van der Waals surface area contributed by atoms with Crippen molar-refractivity contribution in [3.05, 3.63) is 35.5 Å². The number of nitrogens with two attached hydrogens (primary N) is 2. The Balaban J connectivity index is 0.000000157. The van der Waals surface area contributed by atoms with Crippen LogP contribution in [0.25, 0.3) is 0 Å². The first-order chi connectivity index (χ1) is 5.61. The molecule has 0 spiro atoms. The monoisotopic (exact) mass is 164 g/mol. The average Bonchev–Trinajstić information content (AvgIpc) is 2.48. The molecule has 0 aromatic rings. The maximum absolute atomic E-state index is 10.8. The van der Waals surface area contributed by atoms with Crippen molar-refractivity contribution in [3.63, 3.8) is 0 Å². The number of hydrogen-bond donors (Lipinski definition) is 2. The number of urea groups is 1. The standard InChI is InChI=1S/C7H4O.CH4N2O/c8-7-5-1-2-6(7)4-3-5;2-1(3)4/h1-4H;(H4,2,3,4). The molecule has 0 saturated heterocycles. The predicted octanol–water partition coefficient (Wildman–Crippen LogP) is 0.0155. The van der Waals surface area contributed by atoms with Gasteiger partial charge in [0, 0.05) is 11.1 Å². The molecule has 2 aliphatic carbocycles. The zero-order valence-corrected chi connectivity index (χ0v) is 6.28. The summed E-state index contributed by atoms with van der Waals surface area (Å²) in [4.78, 5) is 19.8. The molecule has 0 aromatic carbocycles. The molecule has 0 fully saturated rings. The number of Topliss-reactive ketones (excluding diaryl/α,β-unsaturated/α-hetero) is 1. The van der Waals surface area contributed by atoms with Crippen molar-refractivity contribution in [1.29, 1.82) is 0 Å². The fraction of sp³-hybridized carbons (Fsp3) is 0. The molecule has 2 aliphatic rings. The highest BCUT2D eigenvalue weighted by molar-refractivity contribution is 6.17. The van der Waals surface area contributed by atoms with Gasteiger partial charge >= 0.3 is 6.03 Å². The molecule has 62 valence electrons. The Morgan fingerprint density at radius 1 is 1.08 bits per heavy atom. The maximum Gasteiger partial charge on any atom is 0.309 e. The average molecular weight is 164 g/mol. The highest BCUT2D eigenvalue weighted by atomic mass is 16.2. The Morgan fingerprint density at radius 2 is 1.42 bits per heavy atom. The van der Waals surface area contributed by atoms with Crippen LogP contribution in [0.4, 0.5) is 4.79 Å².